The number of aryl methyl sites for hydroxylation is 1. The summed E-state index contributed by atoms with van der Waals surface area (Å²) in [6.45, 7) is 4.02. The maximum atomic E-state index is 12.0. The highest BCUT2D eigenvalue weighted by Crippen LogP contribution is 2.14. The Kier molecular flexibility index (Phi) is 4.06. The molecule has 0 radical (unpaired) electrons. The van der Waals surface area contributed by atoms with Gasteiger partial charge < -0.3 is 10.6 Å². The number of nitrogens with two attached hydrogens (primary N) is 1. The van der Waals surface area contributed by atoms with Crippen molar-refractivity contribution in [1.29, 1.82) is 0 Å². The van der Waals surface area contributed by atoms with E-state index in [0.717, 1.165) is 12.1 Å². The summed E-state index contributed by atoms with van der Waals surface area (Å²) in [6, 6.07) is -0.449. The van der Waals surface area contributed by atoms with Gasteiger partial charge in [-0.15, -0.1) is 0 Å². The van der Waals surface area contributed by atoms with Crippen LogP contribution in [0.1, 0.15) is 20.3 Å². The Hall–Kier alpha value is -1.36. The first-order valence-corrected chi connectivity index (χ1v) is 5.49. The maximum absolute atomic E-state index is 12.0. The summed E-state index contributed by atoms with van der Waals surface area (Å²) in [7, 11) is 3.54. The molecular formula is C11H20N4O. The number of likely N-dealkylation sites (N-methyl/N-ethyl adjacent to an activating group) is 1. The highest BCUT2D eigenvalue weighted by Gasteiger charge is 2.24. The third-order valence-electron chi connectivity index (χ3n) is 2.95. The van der Waals surface area contributed by atoms with Crippen molar-refractivity contribution in [2.75, 3.05) is 11.9 Å². The highest BCUT2D eigenvalue weighted by atomic mass is 16.2. The van der Waals surface area contributed by atoms with Gasteiger partial charge >= 0.3 is 0 Å². The van der Waals surface area contributed by atoms with E-state index in [-0.39, 0.29) is 11.8 Å². The van der Waals surface area contributed by atoms with Crippen LogP contribution in [0.4, 0.5) is 5.69 Å². The minimum absolute atomic E-state index is 0.0673. The zero-order valence-corrected chi connectivity index (χ0v) is 10.3. The van der Waals surface area contributed by atoms with Gasteiger partial charge in [-0.1, -0.05) is 20.3 Å². The Balaban J connectivity index is 2.74. The van der Waals surface area contributed by atoms with E-state index in [1.165, 1.54) is 0 Å². The van der Waals surface area contributed by atoms with E-state index in [4.69, 9.17) is 5.73 Å². The molecule has 2 atom stereocenters. The van der Waals surface area contributed by atoms with Crippen molar-refractivity contribution in [2.24, 2.45) is 18.7 Å². The smallest absolute Gasteiger partial charge is 0.243 e. The number of aromatic nitrogens is 2. The first kappa shape index (κ1) is 12.7. The molecule has 0 spiro atoms. The van der Waals surface area contributed by atoms with Gasteiger partial charge in [-0.25, -0.2) is 0 Å². The van der Waals surface area contributed by atoms with Gasteiger partial charge in [0.05, 0.1) is 17.9 Å². The second-order valence-electron chi connectivity index (χ2n) is 4.18. The van der Waals surface area contributed by atoms with Crippen LogP contribution in [-0.4, -0.2) is 28.8 Å². The summed E-state index contributed by atoms with van der Waals surface area (Å²) in [6.07, 6.45) is 4.34. The molecule has 0 aliphatic heterocycles. The molecule has 5 heteroatoms. The highest BCUT2D eigenvalue weighted by molar-refractivity contribution is 5.96. The largest absolute Gasteiger partial charge is 0.320 e. The molecule has 1 rings (SSSR count). The number of carbonyl (C=O) groups excluding carboxylic acids is 1. The van der Waals surface area contributed by atoms with Gasteiger partial charge in [0, 0.05) is 20.3 Å². The lowest BCUT2D eigenvalue weighted by atomic mass is 9.99. The van der Waals surface area contributed by atoms with Gasteiger partial charge in [-0.3, -0.25) is 9.48 Å². The number of hydrogen-bond acceptors (Lipinski definition) is 3. The fraction of sp³-hybridized carbons (Fsp3) is 0.636. The summed E-state index contributed by atoms with van der Waals surface area (Å²) >= 11 is 0. The molecule has 5 nitrogen and oxygen atoms in total. The maximum Gasteiger partial charge on any atom is 0.243 e. The number of carbonyl (C=O) groups is 1. The van der Waals surface area contributed by atoms with Crippen molar-refractivity contribution in [2.45, 2.75) is 26.3 Å². The molecule has 0 aliphatic carbocycles. The summed E-state index contributed by atoms with van der Waals surface area (Å²) in [5.74, 6) is 0.119. The molecule has 0 aromatic carbocycles. The van der Waals surface area contributed by atoms with E-state index in [1.54, 1.807) is 29.0 Å². The first-order chi connectivity index (χ1) is 7.47. The fourth-order valence-corrected chi connectivity index (χ4v) is 1.43. The number of amides is 1. The van der Waals surface area contributed by atoms with E-state index in [1.807, 2.05) is 20.9 Å². The second-order valence-corrected chi connectivity index (χ2v) is 4.18. The van der Waals surface area contributed by atoms with Crippen LogP contribution in [0.5, 0.6) is 0 Å². The molecule has 0 aliphatic rings. The van der Waals surface area contributed by atoms with E-state index < -0.39 is 6.04 Å². The lowest BCUT2D eigenvalue weighted by Gasteiger charge is -2.23. The molecule has 90 valence electrons. The summed E-state index contributed by atoms with van der Waals surface area (Å²) in [5.41, 5.74) is 6.67. The Labute approximate surface area is 96.2 Å². The Morgan fingerprint density at radius 2 is 2.31 bits per heavy atom. The third-order valence-corrected chi connectivity index (χ3v) is 2.95. The van der Waals surface area contributed by atoms with Crippen LogP contribution in [0.2, 0.25) is 0 Å². The van der Waals surface area contributed by atoms with Crippen molar-refractivity contribution in [3.63, 3.8) is 0 Å². The molecule has 0 saturated heterocycles. The van der Waals surface area contributed by atoms with Gasteiger partial charge in [0.2, 0.25) is 5.91 Å². The van der Waals surface area contributed by atoms with Gasteiger partial charge in [-0.2, -0.15) is 5.10 Å². The Morgan fingerprint density at radius 3 is 2.75 bits per heavy atom. The summed E-state index contributed by atoms with van der Waals surface area (Å²) in [5, 5.41) is 4.03. The predicted octanol–water partition coefficient (Wildman–Crippen LogP) is 0.756. The van der Waals surface area contributed by atoms with Crippen molar-refractivity contribution in [1.82, 2.24) is 9.78 Å². The normalized spacial score (nSPS) is 14.6. The molecule has 2 unspecified atom stereocenters. The van der Waals surface area contributed by atoms with Crippen LogP contribution in [0.25, 0.3) is 0 Å². The zero-order chi connectivity index (χ0) is 12.3. The van der Waals surface area contributed by atoms with E-state index >= 15 is 0 Å². The fourth-order valence-electron chi connectivity index (χ4n) is 1.43. The van der Waals surface area contributed by atoms with Gasteiger partial charge in [0.1, 0.15) is 0 Å². The minimum Gasteiger partial charge on any atom is -0.320 e. The second kappa shape index (κ2) is 5.12. The van der Waals surface area contributed by atoms with Crippen LogP contribution >= 0.6 is 0 Å². The number of anilines is 1. The Morgan fingerprint density at radius 1 is 1.69 bits per heavy atom. The number of nitrogens with zero attached hydrogens (tertiary/aromatic N) is 3. The van der Waals surface area contributed by atoms with E-state index in [0.29, 0.717) is 0 Å². The quantitative estimate of drug-likeness (QED) is 0.821. The molecular weight excluding hydrogens is 204 g/mol. The average molecular weight is 224 g/mol. The molecule has 2 N–H and O–H groups in total. The molecule has 1 aromatic heterocycles. The van der Waals surface area contributed by atoms with Crippen molar-refractivity contribution in [3.05, 3.63) is 12.4 Å². The van der Waals surface area contributed by atoms with Crippen LogP contribution in [0.15, 0.2) is 12.4 Å². The standard InChI is InChI=1S/C11H20N4O/c1-5-8(2)10(12)11(16)15(4)9-6-13-14(3)7-9/h6-8,10H,5,12H2,1-4H3. The van der Waals surface area contributed by atoms with Gasteiger partial charge in [-0.05, 0) is 5.92 Å². The van der Waals surface area contributed by atoms with Crippen LogP contribution < -0.4 is 10.6 Å². The van der Waals surface area contributed by atoms with E-state index in [9.17, 15) is 4.79 Å². The molecule has 16 heavy (non-hydrogen) atoms. The zero-order valence-electron chi connectivity index (χ0n) is 10.3. The monoisotopic (exact) mass is 224 g/mol. The molecule has 0 saturated carbocycles. The van der Waals surface area contributed by atoms with Crippen LogP contribution in [0, 0.1) is 5.92 Å². The summed E-state index contributed by atoms with van der Waals surface area (Å²) in [4.78, 5) is 13.6. The molecule has 1 heterocycles. The number of hydrogen-bond donors (Lipinski definition) is 1. The molecule has 0 bridgehead atoms. The topological polar surface area (TPSA) is 64.2 Å². The van der Waals surface area contributed by atoms with Crippen LogP contribution in [0.3, 0.4) is 0 Å². The van der Waals surface area contributed by atoms with Crippen molar-refractivity contribution >= 4 is 11.6 Å². The van der Waals surface area contributed by atoms with Gasteiger partial charge in [0.15, 0.2) is 0 Å². The third kappa shape index (κ3) is 2.61. The van der Waals surface area contributed by atoms with Gasteiger partial charge in [0.25, 0.3) is 0 Å². The average Bonchev–Trinajstić information content (AvgIpc) is 2.71. The van der Waals surface area contributed by atoms with Crippen molar-refractivity contribution < 1.29 is 4.79 Å². The van der Waals surface area contributed by atoms with Crippen LogP contribution in [-0.2, 0) is 11.8 Å². The first-order valence-electron chi connectivity index (χ1n) is 5.49. The minimum atomic E-state index is -0.449. The predicted molar refractivity (Wildman–Crippen MR) is 64.0 cm³/mol. The Bertz CT molecular complexity index is 361. The van der Waals surface area contributed by atoms with E-state index in [2.05, 4.69) is 5.10 Å². The van der Waals surface area contributed by atoms with Crippen molar-refractivity contribution in [3.8, 4) is 0 Å². The molecule has 1 amide bonds. The molecule has 1 aromatic rings. The SMILES string of the molecule is CCC(C)C(N)C(=O)N(C)c1cnn(C)c1. The lowest BCUT2D eigenvalue weighted by molar-refractivity contribution is -0.120. The molecule has 0 fully saturated rings. The summed E-state index contributed by atoms with van der Waals surface area (Å²) < 4.78 is 1.66. The number of rotatable bonds is 4. The lowest BCUT2D eigenvalue weighted by Crippen LogP contribution is -2.45.